The molecule has 0 fully saturated rings. The highest BCUT2D eigenvalue weighted by Gasteiger charge is 2.29. The Kier molecular flexibility index (Phi) is 15.7. The van der Waals surface area contributed by atoms with Crippen molar-refractivity contribution in [2.45, 2.75) is 64.1 Å². The molecule has 0 aromatic carbocycles. The molecule has 0 aliphatic heterocycles. The van der Waals surface area contributed by atoms with E-state index in [1.165, 1.54) is 13.8 Å². The van der Waals surface area contributed by atoms with Gasteiger partial charge in [-0.1, -0.05) is 13.2 Å². The Morgan fingerprint density at radius 2 is 1.31 bits per heavy atom. The van der Waals surface area contributed by atoms with Gasteiger partial charge in [-0.3, -0.25) is 4.79 Å². The number of nitrogens with one attached hydrogen (secondary N) is 1. The van der Waals surface area contributed by atoms with Crippen LogP contribution in [0.15, 0.2) is 25.3 Å². The molecule has 0 heterocycles. The third-order valence-electron chi connectivity index (χ3n) is 2.87. The maximum atomic E-state index is 12.8. The molecule has 3 N–H and O–H groups in total. The number of carbonyl (C=O) groups is 3. The third kappa shape index (κ3) is 18.4. The largest absolute Gasteiger partial charge is 0.458 e. The molecule has 0 spiro atoms. The van der Waals surface area contributed by atoms with Gasteiger partial charge in [0.25, 0.3) is 11.8 Å². The van der Waals surface area contributed by atoms with Crippen molar-refractivity contribution in [3.63, 3.8) is 0 Å². The lowest BCUT2D eigenvalue weighted by Crippen LogP contribution is -2.43. The minimum absolute atomic E-state index is 0. The van der Waals surface area contributed by atoms with E-state index in [0.29, 0.717) is 12.2 Å². The van der Waals surface area contributed by atoms with E-state index in [2.05, 4.69) is 27.9 Å². The molecule has 0 aliphatic carbocycles. The second-order valence-electron chi connectivity index (χ2n) is 7.30. The lowest BCUT2D eigenvalue weighted by molar-refractivity contribution is -0.153. The summed E-state index contributed by atoms with van der Waals surface area (Å²) in [4.78, 5) is 33.3. The fourth-order valence-electron chi connectivity index (χ4n) is 1.25. The van der Waals surface area contributed by atoms with Crippen LogP contribution in [-0.4, -0.2) is 60.8 Å². The normalized spacial score (nSPS) is 13.1. The first-order valence-corrected chi connectivity index (χ1v) is 8.97. The molecule has 0 saturated carbocycles. The number of nitrogens with two attached hydrogens (primary N) is 1. The van der Waals surface area contributed by atoms with Crippen molar-refractivity contribution in [3.05, 3.63) is 25.3 Å². The Morgan fingerprint density at radius 1 is 0.938 bits per heavy atom. The summed E-state index contributed by atoms with van der Waals surface area (Å²) >= 11 is 0. The van der Waals surface area contributed by atoms with Crippen LogP contribution in [0.2, 0.25) is 0 Å². The fourth-order valence-corrected chi connectivity index (χ4v) is 1.25. The highest BCUT2D eigenvalue weighted by atomic mass is 35.5. The number of esters is 2. The second kappa shape index (κ2) is 14.7. The summed E-state index contributed by atoms with van der Waals surface area (Å²) in [6.45, 7) is 11.3. The number of hydrogen-bond donors (Lipinski definition) is 2. The summed E-state index contributed by atoms with van der Waals surface area (Å²) in [5.74, 6) is -8.30. The first-order chi connectivity index (χ1) is 13.9. The number of hydrogen-bond acceptors (Lipinski definition) is 7. The Hall–Kier alpha value is -2.34. The molecule has 0 radical (unpaired) electrons. The van der Waals surface area contributed by atoms with Gasteiger partial charge in [0.15, 0.2) is 13.2 Å². The van der Waals surface area contributed by atoms with Crippen LogP contribution in [0.5, 0.6) is 0 Å². The summed E-state index contributed by atoms with van der Waals surface area (Å²) in [6.07, 6.45) is -0.0271. The fraction of sp³-hybridized carbons (Fsp3) is 0.632. The molecule has 1 amide bonds. The van der Waals surface area contributed by atoms with E-state index in [0.717, 1.165) is 0 Å². The van der Waals surface area contributed by atoms with Crippen molar-refractivity contribution in [1.29, 1.82) is 0 Å². The van der Waals surface area contributed by atoms with Crippen LogP contribution in [0, 0.1) is 0 Å². The topological polar surface area (TPSA) is 117 Å². The number of alkyl carbamates (subject to hydrolysis) is 1. The molecular weight excluding hydrogens is 464 g/mol. The van der Waals surface area contributed by atoms with Crippen LogP contribution in [0.4, 0.5) is 22.4 Å². The minimum Gasteiger partial charge on any atom is -0.458 e. The van der Waals surface area contributed by atoms with Gasteiger partial charge >= 0.3 is 18.0 Å². The third-order valence-corrected chi connectivity index (χ3v) is 2.87. The molecule has 0 unspecified atom stereocenters. The standard InChI is InChI=1S/C12H19F2NO4.C7H11F2NO2.ClH/c1-6-12(13,14)7-18-9(16)8(2)15-10(17)19-11(3,4)5;1-3-7(8,9)4-12-6(11)5(2)10;/h6,8H,1,7H2,2-5H3,(H,15,17);3,5H,1,4,10H2,2H3;1H/t8-;5-;/m00./s1. The zero-order valence-electron chi connectivity index (χ0n) is 18.6. The van der Waals surface area contributed by atoms with E-state index < -0.39 is 60.8 Å². The first kappa shape index (κ1) is 34.3. The van der Waals surface area contributed by atoms with Crippen molar-refractivity contribution >= 4 is 30.4 Å². The summed E-state index contributed by atoms with van der Waals surface area (Å²) in [6, 6.07) is -1.97. The first-order valence-electron chi connectivity index (χ1n) is 8.97. The van der Waals surface area contributed by atoms with E-state index in [1.807, 2.05) is 0 Å². The van der Waals surface area contributed by atoms with Gasteiger partial charge in [0.2, 0.25) is 0 Å². The molecule has 8 nitrogen and oxygen atoms in total. The molecule has 188 valence electrons. The number of halogens is 5. The molecule has 13 heteroatoms. The van der Waals surface area contributed by atoms with E-state index in [4.69, 9.17) is 10.5 Å². The smallest absolute Gasteiger partial charge is 0.408 e. The molecule has 0 bridgehead atoms. The molecule has 0 aliphatic rings. The quantitative estimate of drug-likeness (QED) is 0.218. The Balaban J connectivity index is -0.000000561. The second-order valence-corrected chi connectivity index (χ2v) is 7.30. The lowest BCUT2D eigenvalue weighted by atomic mass is 10.2. The molecular formula is C19H31ClF4N2O6. The van der Waals surface area contributed by atoms with Gasteiger partial charge in [0.1, 0.15) is 17.7 Å². The number of amides is 1. The maximum absolute atomic E-state index is 12.8. The van der Waals surface area contributed by atoms with Gasteiger partial charge in [0, 0.05) is 0 Å². The van der Waals surface area contributed by atoms with Crippen LogP contribution in [0.3, 0.4) is 0 Å². The molecule has 2 atom stereocenters. The van der Waals surface area contributed by atoms with E-state index >= 15 is 0 Å². The number of ether oxygens (including phenoxy) is 3. The van der Waals surface area contributed by atoms with E-state index in [1.54, 1.807) is 20.8 Å². The predicted molar refractivity (Wildman–Crippen MR) is 112 cm³/mol. The van der Waals surface area contributed by atoms with Crippen molar-refractivity contribution in [3.8, 4) is 0 Å². The Bertz CT molecular complexity index is 640. The van der Waals surface area contributed by atoms with Gasteiger partial charge in [-0.25, -0.2) is 9.59 Å². The van der Waals surface area contributed by atoms with Gasteiger partial charge in [-0.2, -0.15) is 17.6 Å². The lowest BCUT2D eigenvalue weighted by Gasteiger charge is -2.21. The summed E-state index contributed by atoms with van der Waals surface area (Å²) < 4.78 is 63.6. The highest BCUT2D eigenvalue weighted by Crippen LogP contribution is 2.15. The highest BCUT2D eigenvalue weighted by molar-refractivity contribution is 5.85. The molecule has 0 aromatic rings. The zero-order valence-corrected chi connectivity index (χ0v) is 19.4. The predicted octanol–water partition coefficient (Wildman–Crippen LogP) is 3.38. The van der Waals surface area contributed by atoms with E-state index in [9.17, 15) is 31.9 Å². The van der Waals surface area contributed by atoms with Crippen LogP contribution in [0.25, 0.3) is 0 Å². The van der Waals surface area contributed by atoms with Gasteiger partial charge < -0.3 is 25.3 Å². The summed E-state index contributed by atoms with van der Waals surface area (Å²) in [5.41, 5.74) is 4.34. The van der Waals surface area contributed by atoms with E-state index in [-0.39, 0.29) is 12.4 Å². The van der Waals surface area contributed by atoms with Crippen LogP contribution < -0.4 is 11.1 Å². The van der Waals surface area contributed by atoms with Crippen molar-refractivity contribution in [2.24, 2.45) is 5.73 Å². The van der Waals surface area contributed by atoms with Crippen LogP contribution >= 0.6 is 12.4 Å². The van der Waals surface area contributed by atoms with Crippen molar-refractivity contribution in [2.75, 3.05) is 13.2 Å². The minimum atomic E-state index is -3.29. The van der Waals surface area contributed by atoms with Gasteiger partial charge in [-0.05, 0) is 46.8 Å². The van der Waals surface area contributed by atoms with Gasteiger partial charge in [0.05, 0.1) is 0 Å². The maximum Gasteiger partial charge on any atom is 0.408 e. The van der Waals surface area contributed by atoms with Crippen molar-refractivity contribution in [1.82, 2.24) is 5.32 Å². The summed E-state index contributed by atoms with van der Waals surface area (Å²) in [5, 5.41) is 2.18. The SMILES string of the molecule is C=CC(F)(F)COC(=O)[C@H](C)N.C=CC(F)(F)COC(=O)[C@H](C)NC(=O)OC(C)(C)C.Cl. The molecule has 0 aromatic heterocycles. The van der Waals surface area contributed by atoms with Crippen LogP contribution in [0.1, 0.15) is 34.6 Å². The van der Waals surface area contributed by atoms with Gasteiger partial charge in [-0.15, -0.1) is 12.4 Å². The molecule has 0 rings (SSSR count). The monoisotopic (exact) mass is 494 g/mol. The van der Waals surface area contributed by atoms with Crippen molar-refractivity contribution < 1.29 is 46.2 Å². The average Bonchev–Trinajstić information content (AvgIpc) is 2.63. The number of carbonyl (C=O) groups excluding carboxylic acids is 3. The average molecular weight is 495 g/mol. The number of rotatable bonds is 9. The Labute approximate surface area is 190 Å². The molecule has 0 saturated heterocycles. The number of alkyl halides is 4. The summed E-state index contributed by atoms with van der Waals surface area (Å²) in [7, 11) is 0. The Morgan fingerprint density at radius 3 is 1.62 bits per heavy atom. The van der Waals surface area contributed by atoms with Crippen LogP contribution in [-0.2, 0) is 23.8 Å². The molecule has 32 heavy (non-hydrogen) atoms. The zero-order chi connectivity index (χ0) is 25.0.